The van der Waals surface area contributed by atoms with E-state index in [1.807, 2.05) is 0 Å². The number of alkyl carbamates (subject to hydrolysis) is 1. The first kappa shape index (κ1) is 17.2. The molecule has 1 aromatic carbocycles. The summed E-state index contributed by atoms with van der Waals surface area (Å²) in [6.07, 6.45) is -4.96. The second kappa shape index (κ2) is 6.75. The Labute approximate surface area is 124 Å². The van der Waals surface area contributed by atoms with Crippen molar-refractivity contribution in [2.75, 3.05) is 13.7 Å². The van der Waals surface area contributed by atoms with Gasteiger partial charge in [0.25, 0.3) is 0 Å². The maximum absolute atomic E-state index is 12.2. The van der Waals surface area contributed by atoms with Gasteiger partial charge in [0.05, 0.1) is 19.8 Å². The normalized spacial score (nSPS) is 18.1. The molecule has 0 bridgehead atoms. The number of alkyl halides is 3. The predicted molar refractivity (Wildman–Crippen MR) is 68.8 cm³/mol. The molecule has 118 valence electrons. The Balaban J connectivity index is 0.00000220. The van der Waals surface area contributed by atoms with Crippen LogP contribution in [-0.2, 0) is 4.74 Å². The first-order chi connectivity index (χ1) is 9.39. The van der Waals surface area contributed by atoms with E-state index >= 15 is 0 Å². The second-order valence-electron chi connectivity index (χ2n) is 4.07. The number of ether oxygens (including phenoxy) is 3. The maximum Gasteiger partial charge on any atom is 0.573 e. The number of cyclic esters (lactones) is 1. The SMILES string of the molecule is COc1ccc(OC(F)(F)F)cc1[C@@H]1CCOC(=O)N1.Cl. The van der Waals surface area contributed by atoms with Crippen LogP contribution >= 0.6 is 12.4 Å². The minimum absolute atomic E-state index is 0. The summed E-state index contributed by atoms with van der Waals surface area (Å²) in [4.78, 5) is 11.2. The lowest BCUT2D eigenvalue weighted by Crippen LogP contribution is -2.35. The molecule has 2 rings (SSSR count). The van der Waals surface area contributed by atoms with Crippen LogP contribution in [0.4, 0.5) is 18.0 Å². The molecule has 1 atom stereocenters. The molecule has 1 saturated heterocycles. The van der Waals surface area contributed by atoms with Crippen molar-refractivity contribution in [3.63, 3.8) is 0 Å². The van der Waals surface area contributed by atoms with Gasteiger partial charge in [0.1, 0.15) is 11.5 Å². The highest BCUT2D eigenvalue weighted by Gasteiger charge is 2.32. The third kappa shape index (κ3) is 4.59. The maximum atomic E-state index is 12.2. The van der Waals surface area contributed by atoms with Crippen LogP contribution in [-0.4, -0.2) is 26.2 Å². The Morgan fingerprint density at radius 1 is 1.38 bits per heavy atom. The van der Waals surface area contributed by atoms with Crippen molar-refractivity contribution >= 4 is 18.5 Å². The lowest BCUT2D eigenvalue weighted by molar-refractivity contribution is -0.274. The van der Waals surface area contributed by atoms with E-state index in [1.165, 1.54) is 19.2 Å². The van der Waals surface area contributed by atoms with E-state index in [1.54, 1.807) is 0 Å². The Kier molecular flexibility index (Phi) is 5.54. The number of rotatable bonds is 3. The van der Waals surface area contributed by atoms with Crippen LogP contribution in [0.2, 0.25) is 0 Å². The van der Waals surface area contributed by atoms with Crippen LogP contribution in [0.1, 0.15) is 18.0 Å². The molecule has 0 radical (unpaired) electrons. The average Bonchev–Trinajstić information content (AvgIpc) is 2.37. The van der Waals surface area contributed by atoms with Gasteiger partial charge in [0.15, 0.2) is 0 Å². The standard InChI is InChI=1S/C12H12F3NO4.ClH/c1-18-10-3-2-7(20-12(13,14)15)6-8(10)9-4-5-19-11(17)16-9;/h2-3,6,9H,4-5H2,1H3,(H,16,17);1H/t9-;/m0./s1. The molecule has 0 unspecified atom stereocenters. The molecule has 0 saturated carbocycles. The lowest BCUT2D eigenvalue weighted by Gasteiger charge is -2.25. The van der Waals surface area contributed by atoms with Gasteiger partial charge >= 0.3 is 12.5 Å². The average molecular weight is 328 g/mol. The Morgan fingerprint density at radius 2 is 2.10 bits per heavy atom. The van der Waals surface area contributed by atoms with Crippen molar-refractivity contribution in [2.24, 2.45) is 0 Å². The number of carbonyl (C=O) groups is 1. The molecule has 0 aliphatic carbocycles. The molecular weight excluding hydrogens is 315 g/mol. The van der Waals surface area contributed by atoms with Gasteiger partial charge in [-0.15, -0.1) is 25.6 Å². The first-order valence-corrected chi connectivity index (χ1v) is 5.76. The fourth-order valence-electron chi connectivity index (χ4n) is 1.94. The molecule has 5 nitrogen and oxygen atoms in total. The summed E-state index contributed by atoms with van der Waals surface area (Å²) in [5.74, 6) is 0.000709. The molecule has 9 heteroatoms. The third-order valence-electron chi connectivity index (χ3n) is 2.74. The predicted octanol–water partition coefficient (Wildman–Crippen LogP) is 3.19. The summed E-state index contributed by atoms with van der Waals surface area (Å²) in [6, 6.07) is 3.22. The number of amides is 1. The largest absolute Gasteiger partial charge is 0.573 e. The zero-order chi connectivity index (χ0) is 14.8. The van der Waals surface area contributed by atoms with Crippen LogP contribution in [0.5, 0.6) is 11.5 Å². The molecule has 1 aromatic rings. The number of halogens is 4. The molecule has 1 aliphatic rings. The quantitative estimate of drug-likeness (QED) is 0.926. The summed E-state index contributed by atoms with van der Waals surface area (Å²) in [6.45, 7) is 0.185. The fraction of sp³-hybridized carbons (Fsp3) is 0.417. The van der Waals surface area contributed by atoms with Crippen LogP contribution in [0, 0.1) is 0 Å². The molecular formula is C12H13ClF3NO4. The zero-order valence-electron chi connectivity index (χ0n) is 10.9. The molecule has 1 heterocycles. The summed E-state index contributed by atoms with van der Waals surface area (Å²) in [7, 11) is 1.39. The Morgan fingerprint density at radius 3 is 2.67 bits per heavy atom. The molecule has 1 fully saturated rings. The number of hydrogen-bond donors (Lipinski definition) is 1. The van der Waals surface area contributed by atoms with Crippen LogP contribution < -0.4 is 14.8 Å². The molecule has 1 amide bonds. The summed E-state index contributed by atoms with van der Waals surface area (Å²) < 4.78 is 50.3. The van der Waals surface area contributed by atoms with Gasteiger partial charge in [-0.25, -0.2) is 4.79 Å². The van der Waals surface area contributed by atoms with Gasteiger partial charge in [-0.05, 0) is 18.2 Å². The van der Waals surface area contributed by atoms with Gasteiger partial charge in [-0.2, -0.15) is 0 Å². The van der Waals surface area contributed by atoms with E-state index < -0.39 is 18.5 Å². The highest BCUT2D eigenvalue weighted by molar-refractivity contribution is 5.85. The highest BCUT2D eigenvalue weighted by atomic mass is 35.5. The molecule has 21 heavy (non-hydrogen) atoms. The van der Waals surface area contributed by atoms with E-state index in [9.17, 15) is 18.0 Å². The van der Waals surface area contributed by atoms with Gasteiger partial charge < -0.3 is 19.5 Å². The smallest absolute Gasteiger partial charge is 0.496 e. The number of nitrogens with one attached hydrogen (secondary N) is 1. The van der Waals surface area contributed by atoms with E-state index in [2.05, 4.69) is 10.1 Å². The van der Waals surface area contributed by atoms with E-state index in [4.69, 9.17) is 9.47 Å². The van der Waals surface area contributed by atoms with E-state index in [0.717, 1.165) is 6.07 Å². The number of hydrogen-bond acceptors (Lipinski definition) is 4. The van der Waals surface area contributed by atoms with E-state index in [-0.39, 0.29) is 24.8 Å². The summed E-state index contributed by atoms with van der Waals surface area (Å²) in [5.41, 5.74) is 0.408. The highest BCUT2D eigenvalue weighted by Crippen LogP contribution is 2.34. The van der Waals surface area contributed by atoms with E-state index in [0.29, 0.717) is 17.7 Å². The van der Waals surface area contributed by atoms with Gasteiger partial charge in [-0.1, -0.05) is 0 Å². The first-order valence-electron chi connectivity index (χ1n) is 5.76. The van der Waals surface area contributed by atoms with Gasteiger partial charge in [0, 0.05) is 12.0 Å². The molecule has 0 spiro atoms. The molecule has 1 aliphatic heterocycles. The van der Waals surface area contributed by atoms with Gasteiger partial charge in [-0.3, -0.25) is 0 Å². The summed E-state index contributed by atoms with van der Waals surface area (Å²) >= 11 is 0. The fourth-order valence-corrected chi connectivity index (χ4v) is 1.94. The summed E-state index contributed by atoms with van der Waals surface area (Å²) in [5, 5.41) is 2.52. The molecule has 1 N–H and O–H groups in total. The van der Waals surface area contributed by atoms with Crippen molar-refractivity contribution < 1.29 is 32.2 Å². The van der Waals surface area contributed by atoms with Crippen molar-refractivity contribution in [1.29, 1.82) is 0 Å². The lowest BCUT2D eigenvalue weighted by atomic mass is 10.0. The topological polar surface area (TPSA) is 56.8 Å². The van der Waals surface area contributed by atoms with Crippen LogP contribution in [0.25, 0.3) is 0 Å². The minimum atomic E-state index is -4.77. The Hall–Kier alpha value is -1.83. The minimum Gasteiger partial charge on any atom is -0.496 e. The second-order valence-corrected chi connectivity index (χ2v) is 4.07. The third-order valence-corrected chi connectivity index (χ3v) is 2.74. The number of methoxy groups -OCH3 is 1. The van der Waals surface area contributed by atoms with Crippen molar-refractivity contribution in [2.45, 2.75) is 18.8 Å². The van der Waals surface area contributed by atoms with Crippen molar-refractivity contribution in [3.05, 3.63) is 23.8 Å². The molecule has 0 aromatic heterocycles. The van der Waals surface area contributed by atoms with Crippen molar-refractivity contribution in [1.82, 2.24) is 5.32 Å². The van der Waals surface area contributed by atoms with Crippen molar-refractivity contribution in [3.8, 4) is 11.5 Å². The van der Waals surface area contributed by atoms with Crippen LogP contribution in [0.15, 0.2) is 18.2 Å². The van der Waals surface area contributed by atoms with Crippen LogP contribution in [0.3, 0.4) is 0 Å². The zero-order valence-corrected chi connectivity index (χ0v) is 11.7. The van der Waals surface area contributed by atoms with Gasteiger partial charge in [0.2, 0.25) is 0 Å². The Bertz CT molecular complexity index is 510. The number of benzene rings is 1. The monoisotopic (exact) mass is 327 g/mol. The number of carbonyl (C=O) groups excluding carboxylic acids is 1.